The summed E-state index contributed by atoms with van der Waals surface area (Å²) in [6.07, 6.45) is 4.12. The molecule has 196 valence electrons. The first-order valence-corrected chi connectivity index (χ1v) is 12.3. The minimum atomic E-state index is -0.283. The van der Waals surface area contributed by atoms with Crippen molar-refractivity contribution in [3.8, 4) is 28.8 Å². The van der Waals surface area contributed by atoms with E-state index in [0.717, 1.165) is 27.8 Å². The van der Waals surface area contributed by atoms with Crippen LogP contribution < -0.4 is 9.47 Å². The maximum absolute atomic E-state index is 13.5. The fraction of sp³-hybridized carbons (Fsp3) is 0.167. The van der Waals surface area contributed by atoms with Gasteiger partial charge in [0, 0.05) is 37.1 Å². The highest BCUT2D eigenvalue weighted by molar-refractivity contribution is 6.16. The third-order valence-electron chi connectivity index (χ3n) is 6.68. The van der Waals surface area contributed by atoms with Crippen LogP contribution in [0.3, 0.4) is 0 Å². The Morgan fingerprint density at radius 1 is 0.974 bits per heavy atom. The number of hydrogen-bond donors (Lipinski definition) is 1. The van der Waals surface area contributed by atoms with Gasteiger partial charge in [0.2, 0.25) is 17.7 Å². The van der Waals surface area contributed by atoms with E-state index in [1.165, 1.54) is 12.1 Å². The summed E-state index contributed by atoms with van der Waals surface area (Å²) in [7, 11) is 3.37. The van der Waals surface area contributed by atoms with Gasteiger partial charge in [-0.1, -0.05) is 24.3 Å². The molecule has 3 aromatic heterocycles. The second kappa shape index (κ2) is 9.75. The molecule has 0 unspecified atom stereocenters. The van der Waals surface area contributed by atoms with Crippen molar-refractivity contribution in [3.05, 3.63) is 95.4 Å². The molecule has 0 bridgehead atoms. The summed E-state index contributed by atoms with van der Waals surface area (Å²) in [5, 5.41) is 21.3. The summed E-state index contributed by atoms with van der Waals surface area (Å²) in [5.74, 6) is 1.68. The van der Waals surface area contributed by atoms with Gasteiger partial charge in [-0.25, -0.2) is 4.39 Å². The van der Waals surface area contributed by atoms with E-state index in [-0.39, 0.29) is 18.3 Å². The lowest BCUT2D eigenvalue weighted by Crippen LogP contribution is -2.00. The molecule has 0 spiro atoms. The summed E-state index contributed by atoms with van der Waals surface area (Å²) in [5.41, 5.74) is 3.99. The first-order valence-electron chi connectivity index (χ1n) is 12.3. The van der Waals surface area contributed by atoms with Crippen LogP contribution in [0.5, 0.6) is 17.4 Å². The molecule has 8 nitrogen and oxygen atoms in total. The number of ether oxygens (including phenoxy) is 2. The maximum Gasteiger partial charge on any atom is 0.249 e. The van der Waals surface area contributed by atoms with Gasteiger partial charge in [-0.3, -0.25) is 4.98 Å². The molecule has 9 heteroatoms. The van der Waals surface area contributed by atoms with Crippen LogP contribution in [0.2, 0.25) is 0 Å². The number of aromatic nitrogens is 4. The van der Waals surface area contributed by atoms with Crippen LogP contribution in [0.25, 0.3) is 33.1 Å². The third-order valence-corrected chi connectivity index (χ3v) is 6.68. The molecule has 0 radical (unpaired) electrons. The number of aryl methyl sites for hydroxylation is 2. The van der Waals surface area contributed by atoms with Crippen LogP contribution in [-0.4, -0.2) is 32.0 Å². The van der Waals surface area contributed by atoms with Crippen molar-refractivity contribution < 1.29 is 23.4 Å². The molecule has 0 saturated heterocycles. The van der Waals surface area contributed by atoms with Gasteiger partial charge >= 0.3 is 0 Å². The van der Waals surface area contributed by atoms with Gasteiger partial charge in [0.05, 0.1) is 18.1 Å². The molecule has 0 fully saturated rings. The summed E-state index contributed by atoms with van der Waals surface area (Å²) >= 11 is 0. The quantitative estimate of drug-likeness (QED) is 0.269. The Labute approximate surface area is 223 Å². The molecule has 6 aromatic rings. The average Bonchev–Trinajstić information content (AvgIpc) is 3.50. The second-order valence-electron chi connectivity index (χ2n) is 9.36. The van der Waals surface area contributed by atoms with Crippen molar-refractivity contribution in [2.45, 2.75) is 20.0 Å². The molecule has 39 heavy (non-hydrogen) atoms. The van der Waals surface area contributed by atoms with Crippen molar-refractivity contribution >= 4 is 21.7 Å². The van der Waals surface area contributed by atoms with Gasteiger partial charge < -0.3 is 23.6 Å². The third kappa shape index (κ3) is 4.52. The van der Waals surface area contributed by atoms with E-state index in [2.05, 4.69) is 10.2 Å². The molecule has 0 aliphatic heterocycles. The standard InChI is InChI=1S/C30H25FN4O4/c1-17-33-34-29(39-17)25-23-13-20(12-18-4-8-21(31)9-5-18)14-32-27(23)28(26-24(25)15-35(2)30(26)36)38-16-19-6-10-22(37-3)11-7-19/h4-11,13-15,36H,12,16H2,1-3H3. The smallest absolute Gasteiger partial charge is 0.249 e. The van der Waals surface area contributed by atoms with E-state index in [9.17, 15) is 9.50 Å². The topological polar surface area (TPSA) is 95.4 Å². The molecule has 6 rings (SSSR count). The van der Waals surface area contributed by atoms with Gasteiger partial charge in [-0.15, -0.1) is 10.2 Å². The van der Waals surface area contributed by atoms with E-state index in [0.29, 0.717) is 45.8 Å². The molecule has 1 N–H and O–H groups in total. The van der Waals surface area contributed by atoms with Crippen molar-refractivity contribution in [2.24, 2.45) is 7.05 Å². The van der Waals surface area contributed by atoms with E-state index in [1.807, 2.05) is 36.5 Å². The summed E-state index contributed by atoms with van der Waals surface area (Å²) in [6.45, 7) is 1.98. The van der Waals surface area contributed by atoms with Crippen LogP contribution in [0.15, 0.2) is 71.4 Å². The zero-order valence-electron chi connectivity index (χ0n) is 21.6. The largest absolute Gasteiger partial charge is 0.497 e. The van der Waals surface area contributed by atoms with Crippen LogP contribution in [0.1, 0.15) is 22.6 Å². The van der Waals surface area contributed by atoms with Crippen molar-refractivity contribution in [2.75, 3.05) is 7.11 Å². The summed E-state index contributed by atoms with van der Waals surface area (Å²) < 4.78 is 32.6. The van der Waals surface area contributed by atoms with Crippen LogP contribution >= 0.6 is 0 Å². The van der Waals surface area contributed by atoms with Crippen molar-refractivity contribution in [3.63, 3.8) is 0 Å². The number of halogens is 1. The van der Waals surface area contributed by atoms with Crippen LogP contribution in [-0.2, 0) is 20.1 Å². The van der Waals surface area contributed by atoms with Gasteiger partial charge in [0.1, 0.15) is 23.7 Å². The summed E-state index contributed by atoms with van der Waals surface area (Å²) in [6, 6.07) is 16.0. The second-order valence-corrected chi connectivity index (χ2v) is 9.36. The number of hydrogen-bond acceptors (Lipinski definition) is 7. The molecule has 0 atom stereocenters. The van der Waals surface area contributed by atoms with E-state index >= 15 is 0 Å². The number of fused-ring (bicyclic) bond motifs is 2. The Balaban J connectivity index is 1.54. The molecule has 0 aliphatic rings. The molecule has 0 saturated carbocycles. The number of nitrogens with zero attached hydrogens (tertiary/aromatic N) is 4. The SMILES string of the molecule is COc1ccc(COc2c3ncc(Cc4ccc(F)cc4)cc3c(-c3nnc(C)o3)c3cn(C)c(O)c23)cc1. The fourth-order valence-electron chi connectivity index (χ4n) is 4.75. The zero-order valence-corrected chi connectivity index (χ0v) is 21.6. The lowest BCUT2D eigenvalue weighted by Gasteiger charge is -2.15. The molecule has 0 amide bonds. The number of aromatic hydroxyl groups is 1. The molecular formula is C30H25FN4O4. The normalized spacial score (nSPS) is 11.4. The summed E-state index contributed by atoms with van der Waals surface area (Å²) in [4.78, 5) is 4.80. The molecule has 3 aromatic carbocycles. The van der Waals surface area contributed by atoms with Gasteiger partial charge in [-0.2, -0.15) is 0 Å². The van der Waals surface area contributed by atoms with E-state index < -0.39 is 0 Å². The minimum Gasteiger partial charge on any atom is -0.497 e. The van der Waals surface area contributed by atoms with Crippen LogP contribution in [0.4, 0.5) is 4.39 Å². The molecule has 3 heterocycles. The van der Waals surface area contributed by atoms with Gasteiger partial charge in [0.15, 0.2) is 5.75 Å². The fourth-order valence-corrected chi connectivity index (χ4v) is 4.75. The lowest BCUT2D eigenvalue weighted by atomic mass is 9.98. The highest BCUT2D eigenvalue weighted by atomic mass is 19.1. The average molecular weight is 525 g/mol. The Morgan fingerprint density at radius 2 is 1.72 bits per heavy atom. The van der Waals surface area contributed by atoms with Crippen molar-refractivity contribution in [1.82, 2.24) is 19.7 Å². The van der Waals surface area contributed by atoms with Crippen LogP contribution in [0, 0.1) is 12.7 Å². The molecular weight excluding hydrogens is 499 g/mol. The van der Waals surface area contributed by atoms with E-state index in [4.69, 9.17) is 18.9 Å². The first-order chi connectivity index (χ1) is 18.9. The van der Waals surface area contributed by atoms with E-state index in [1.54, 1.807) is 44.0 Å². The minimum absolute atomic E-state index is 0.0336. The number of rotatable bonds is 7. The highest BCUT2D eigenvalue weighted by Crippen LogP contribution is 2.46. The monoisotopic (exact) mass is 524 g/mol. The Bertz CT molecular complexity index is 1810. The van der Waals surface area contributed by atoms with Gasteiger partial charge in [-0.05, 0) is 53.4 Å². The number of benzene rings is 3. The van der Waals surface area contributed by atoms with Gasteiger partial charge in [0.25, 0.3) is 0 Å². The predicted molar refractivity (Wildman–Crippen MR) is 144 cm³/mol. The first kappa shape index (κ1) is 24.4. The Kier molecular flexibility index (Phi) is 6.11. The highest BCUT2D eigenvalue weighted by Gasteiger charge is 2.25. The Hall–Kier alpha value is -4.92. The number of pyridine rings is 1. The number of methoxy groups -OCH3 is 1. The molecule has 0 aliphatic carbocycles. The van der Waals surface area contributed by atoms with Crippen molar-refractivity contribution in [1.29, 1.82) is 0 Å². The predicted octanol–water partition coefficient (Wildman–Crippen LogP) is 6.11. The lowest BCUT2D eigenvalue weighted by molar-refractivity contribution is 0.311. The maximum atomic E-state index is 13.5. The zero-order chi connectivity index (χ0) is 27.1. The Morgan fingerprint density at radius 3 is 2.41 bits per heavy atom.